The summed E-state index contributed by atoms with van der Waals surface area (Å²) in [6.45, 7) is -0.107. The number of halogens is 2. The quantitative estimate of drug-likeness (QED) is 0.920. The highest BCUT2D eigenvalue weighted by atomic mass is 79.9. The summed E-state index contributed by atoms with van der Waals surface area (Å²) in [5.74, 6) is 0. The van der Waals surface area contributed by atoms with Crippen molar-refractivity contribution in [3.05, 3.63) is 34.2 Å². The molecule has 1 N–H and O–H groups in total. The number of nitrogens with zero attached hydrogens (tertiary/aromatic N) is 2. The maximum atomic E-state index is 13.9. The van der Waals surface area contributed by atoms with Gasteiger partial charge in [0.15, 0.2) is 5.65 Å². The van der Waals surface area contributed by atoms with Crippen LogP contribution in [0.5, 0.6) is 0 Å². The van der Waals surface area contributed by atoms with Crippen LogP contribution in [0.4, 0.5) is 4.39 Å². The number of pyridine rings is 1. The third-order valence-electron chi connectivity index (χ3n) is 2.92. The standard InChI is InChI=1S/C11H10BrFN2O/c12-9-3-7(11(13)1-2-11)4-15-5-8(6-16)14-10(9)15/h3-5,16H,1-2,6H2. The Hall–Kier alpha value is -0.940. The van der Waals surface area contributed by atoms with Gasteiger partial charge in [0.2, 0.25) is 0 Å². The molecular weight excluding hydrogens is 275 g/mol. The summed E-state index contributed by atoms with van der Waals surface area (Å²) in [5, 5.41) is 9.01. The summed E-state index contributed by atoms with van der Waals surface area (Å²) < 4.78 is 16.4. The van der Waals surface area contributed by atoms with Crippen LogP contribution >= 0.6 is 15.9 Å². The van der Waals surface area contributed by atoms with Gasteiger partial charge in [-0.05, 0) is 34.8 Å². The lowest BCUT2D eigenvalue weighted by atomic mass is 10.1. The predicted octanol–water partition coefficient (Wildman–Crippen LogP) is 2.55. The van der Waals surface area contributed by atoms with Gasteiger partial charge in [0.25, 0.3) is 0 Å². The third-order valence-corrected chi connectivity index (χ3v) is 3.51. The Morgan fingerprint density at radius 2 is 2.25 bits per heavy atom. The van der Waals surface area contributed by atoms with Gasteiger partial charge in [0.05, 0.1) is 16.8 Å². The van der Waals surface area contributed by atoms with Gasteiger partial charge >= 0.3 is 0 Å². The molecule has 0 unspecified atom stereocenters. The van der Waals surface area contributed by atoms with Crippen LogP contribution in [0.3, 0.4) is 0 Å². The molecule has 1 aliphatic rings. The van der Waals surface area contributed by atoms with Crippen molar-refractivity contribution in [2.45, 2.75) is 25.1 Å². The van der Waals surface area contributed by atoms with Gasteiger partial charge in [0, 0.05) is 18.0 Å². The summed E-state index contributed by atoms with van der Waals surface area (Å²) in [6.07, 6.45) is 4.65. The minimum absolute atomic E-state index is 0.107. The molecule has 2 aromatic heterocycles. The molecule has 3 nitrogen and oxygen atoms in total. The van der Waals surface area contributed by atoms with E-state index < -0.39 is 5.67 Å². The van der Waals surface area contributed by atoms with Crippen LogP contribution in [0.1, 0.15) is 24.1 Å². The highest BCUT2D eigenvalue weighted by Gasteiger charge is 2.45. The summed E-state index contributed by atoms with van der Waals surface area (Å²) in [4.78, 5) is 4.22. The zero-order valence-electron chi connectivity index (χ0n) is 8.45. The van der Waals surface area contributed by atoms with E-state index in [0.717, 1.165) is 4.47 Å². The molecular formula is C11H10BrFN2O. The second kappa shape index (κ2) is 3.28. The van der Waals surface area contributed by atoms with Gasteiger partial charge < -0.3 is 9.51 Å². The molecule has 84 valence electrons. The Kier molecular flexibility index (Phi) is 2.09. The van der Waals surface area contributed by atoms with Crippen LogP contribution in [0.15, 0.2) is 22.9 Å². The summed E-state index contributed by atoms with van der Waals surface area (Å²) in [7, 11) is 0. The lowest BCUT2D eigenvalue weighted by Crippen LogP contribution is -2.00. The van der Waals surface area contributed by atoms with E-state index in [1.54, 1.807) is 22.9 Å². The van der Waals surface area contributed by atoms with Crippen LogP contribution in [0.25, 0.3) is 5.65 Å². The van der Waals surface area contributed by atoms with Crippen molar-refractivity contribution in [3.63, 3.8) is 0 Å². The molecule has 0 spiro atoms. The van der Waals surface area contributed by atoms with Gasteiger partial charge in [-0.25, -0.2) is 9.37 Å². The minimum atomic E-state index is -1.15. The first-order valence-corrected chi connectivity index (χ1v) is 5.89. The van der Waals surface area contributed by atoms with Gasteiger partial charge in [-0.1, -0.05) is 0 Å². The molecule has 0 radical (unpaired) electrons. The monoisotopic (exact) mass is 284 g/mol. The van der Waals surface area contributed by atoms with E-state index >= 15 is 0 Å². The highest BCUT2D eigenvalue weighted by Crippen LogP contribution is 2.50. The van der Waals surface area contributed by atoms with Crippen molar-refractivity contribution >= 4 is 21.6 Å². The maximum absolute atomic E-state index is 13.9. The molecule has 0 amide bonds. The number of aliphatic hydroxyl groups is 1. The minimum Gasteiger partial charge on any atom is -0.390 e. The highest BCUT2D eigenvalue weighted by molar-refractivity contribution is 9.10. The molecule has 2 heterocycles. The lowest BCUT2D eigenvalue weighted by Gasteiger charge is -2.07. The number of imidazole rings is 1. The van der Waals surface area contributed by atoms with E-state index in [9.17, 15) is 4.39 Å². The number of aromatic nitrogens is 2. The molecule has 1 fully saturated rings. The SMILES string of the molecule is OCc1cn2cc(C3(F)CC3)cc(Br)c2n1. The fourth-order valence-corrected chi connectivity index (χ4v) is 2.37. The maximum Gasteiger partial charge on any atom is 0.151 e. The first kappa shape index (κ1) is 10.2. The molecule has 1 aliphatic carbocycles. The number of alkyl halides is 1. The van der Waals surface area contributed by atoms with E-state index in [0.29, 0.717) is 29.7 Å². The topological polar surface area (TPSA) is 37.5 Å². The fraction of sp³-hybridized carbons (Fsp3) is 0.364. The molecule has 1 saturated carbocycles. The number of rotatable bonds is 2. The Morgan fingerprint density at radius 1 is 1.50 bits per heavy atom. The second-order valence-corrected chi connectivity index (χ2v) is 5.02. The van der Waals surface area contributed by atoms with Crippen LogP contribution < -0.4 is 0 Å². The number of hydrogen-bond acceptors (Lipinski definition) is 2. The molecule has 0 aromatic carbocycles. The fourth-order valence-electron chi connectivity index (χ4n) is 1.83. The predicted molar refractivity (Wildman–Crippen MR) is 60.8 cm³/mol. The molecule has 0 saturated heterocycles. The normalized spacial score (nSPS) is 17.9. The number of hydrogen-bond donors (Lipinski definition) is 1. The Balaban J connectivity index is 2.20. The van der Waals surface area contributed by atoms with Crippen molar-refractivity contribution in [2.24, 2.45) is 0 Å². The molecule has 5 heteroatoms. The third kappa shape index (κ3) is 1.46. The van der Waals surface area contributed by atoms with Crippen LogP contribution in [-0.2, 0) is 12.3 Å². The Bertz CT molecular complexity index is 562. The molecule has 0 atom stereocenters. The van der Waals surface area contributed by atoms with E-state index in [2.05, 4.69) is 20.9 Å². The van der Waals surface area contributed by atoms with Gasteiger partial charge in [-0.3, -0.25) is 0 Å². The lowest BCUT2D eigenvalue weighted by molar-refractivity contribution is 0.277. The number of aliphatic hydroxyl groups excluding tert-OH is 1. The van der Waals surface area contributed by atoms with Crippen LogP contribution in [-0.4, -0.2) is 14.5 Å². The van der Waals surface area contributed by atoms with Crippen molar-refractivity contribution in [1.29, 1.82) is 0 Å². The molecule has 3 rings (SSSR count). The largest absolute Gasteiger partial charge is 0.390 e. The second-order valence-electron chi connectivity index (χ2n) is 4.16. The molecule has 0 aliphatic heterocycles. The first-order valence-electron chi connectivity index (χ1n) is 5.10. The number of fused-ring (bicyclic) bond motifs is 1. The zero-order chi connectivity index (χ0) is 11.3. The van der Waals surface area contributed by atoms with E-state index in [4.69, 9.17) is 5.11 Å². The summed E-state index contributed by atoms with van der Waals surface area (Å²) in [5.41, 5.74) is 0.813. The zero-order valence-corrected chi connectivity index (χ0v) is 10.0. The van der Waals surface area contributed by atoms with Crippen molar-refractivity contribution in [3.8, 4) is 0 Å². The average molecular weight is 285 g/mol. The average Bonchev–Trinajstić information content (AvgIpc) is 2.87. The molecule has 16 heavy (non-hydrogen) atoms. The molecule has 2 aromatic rings. The van der Waals surface area contributed by atoms with Crippen molar-refractivity contribution < 1.29 is 9.50 Å². The Morgan fingerprint density at radius 3 is 2.88 bits per heavy atom. The summed E-state index contributed by atoms with van der Waals surface area (Å²) in [6, 6.07) is 1.77. The van der Waals surface area contributed by atoms with Crippen molar-refractivity contribution in [1.82, 2.24) is 9.38 Å². The van der Waals surface area contributed by atoms with E-state index in [-0.39, 0.29) is 6.61 Å². The van der Waals surface area contributed by atoms with E-state index in [1.807, 2.05) is 0 Å². The summed E-state index contributed by atoms with van der Waals surface area (Å²) >= 11 is 3.38. The van der Waals surface area contributed by atoms with Crippen LogP contribution in [0, 0.1) is 0 Å². The first-order chi connectivity index (χ1) is 7.62. The van der Waals surface area contributed by atoms with Gasteiger partial charge in [-0.15, -0.1) is 0 Å². The van der Waals surface area contributed by atoms with Gasteiger partial charge in [-0.2, -0.15) is 0 Å². The van der Waals surface area contributed by atoms with Crippen LogP contribution in [0.2, 0.25) is 0 Å². The molecule has 0 bridgehead atoms. The smallest absolute Gasteiger partial charge is 0.151 e. The van der Waals surface area contributed by atoms with Crippen molar-refractivity contribution in [2.75, 3.05) is 0 Å². The Labute approximate surface area is 100 Å². The van der Waals surface area contributed by atoms with E-state index in [1.165, 1.54) is 0 Å². The van der Waals surface area contributed by atoms with Gasteiger partial charge in [0.1, 0.15) is 5.67 Å².